The molecule has 2 atom stereocenters. The van der Waals surface area contributed by atoms with E-state index in [1.54, 1.807) is 11.8 Å². The lowest BCUT2D eigenvalue weighted by molar-refractivity contribution is -0.126. The molecule has 3 aromatic carbocycles. The van der Waals surface area contributed by atoms with Crippen LogP contribution >= 0.6 is 0 Å². The molecule has 5 rings (SSSR count). The lowest BCUT2D eigenvalue weighted by Gasteiger charge is -2.26. The number of imidazole rings is 1. The van der Waals surface area contributed by atoms with Crippen LogP contribution in [0.1, 0.15) is 40.3 Å². The van der Waals surface area contributed by atoms with Crippen molar-refractivity contribution in [3.05, 3.63) is 101 Å². The highest BCUT2D eigenvalue weighted by atomic mass is 16.2. The van der Waals surface area contributed by atoms with Crippen molar-refractivity contribution in [2.24, 2.45) is 0 Å². The molecule has 0 spiro atoms. The molecular formula is C26H24N4O2. The number of para-hydroxylation sites is 2. The third kappa shape index (κ3) is 3.75. The maximum absolute atomic E-state index is 13.3. The summed E-state index contributed by atoms with van der Waals surface area (Å²) in [4.78, 5) is 35.8. The fourth-order valence-corrected chi connectivity index (χ4v) is 4.23. The summed E-state index contributed by atoms with van der Waals surface area (Å²) in [6, 6.07) is 24.4. The number of hydrogen-bond donors (Lipinski definition) is 2. The molecule has 0 unspecified atom stereocenters. The van der Waals surface area contributed by atoms with Crippen molar-refractivity contribution in [2.45, 2.75) is 32.0 Å². The number of amides is 2. The van der Waals surface area contributed by atoms with Crippen molar-refractivity contribution >= 4 is 22.8 Å². The SMILES string of the molecule is C[C@H](C(=O)N[C@@H](Cc1ccccc1)c1nc2ccccc2[nH]1)N1Cc2ccccc2C1=O. The summed E-state index contributed by atoms with van der Waals surface area (Å²) >= 11 is 0. The smallest absolute Gasteiger partial charge is 0.255 e. The number of H-pyrrole nitrogens is 1. The molecule has 4 aromatic rings. The Hall–Kier alpha value is -3.93. The minimum absolute atomic E-state index is 0.105. The first kappa shape index (κ1) is 20.0. The van der Waals surface area contributed by atoms with Gasteiger partial charge in [0.2, 0.25) is 5.91 Å². The van der Waals surface area contributed by atoms with E-state index in [0.29, 0.717) is 24.4 Å². The van der Waals surface area contributed by atoms with Gasteiger partial charge in [-0.3, -0.25) is 9.59 Å². The van der Waals surface area contributed by atoms with Crippen molar-refractivity contribution < 1.29 is 9.59 Å². The molecule has 6 nitrogen and oxygen atoms in total. The molecule has 2 N–H and O–H groups in total. The lowest BCUT2D eigenvalue weighted by atomic mass is 10.0. The number of carbonyl (C=O) groups is 2. The van der Waals surface area contributed by atoms with E-state index in [4.69, 9.17) is 4.98 Å². The standard InChI is InChI=1S/C26H24N4O2/c1-17(30-16-19-11-5-6-12-20(19)26(30)32)25(31)29-23(15-18-9-3-2-4-10-18)24-27-21-13-7-8-14-22(21)28-24/h2-14,17,23H,15-16H2,1H3,(H,27,28)(H,29,31)/t17-,23+/m1/s1. The molecule has 0 saturated heterocycles. The maximum Gasteiger partial charge on any atom is 0.255 e. The second kappa shape index (κ2) is 8.30. The molecule has 0 fully saturated rings. The second-order valence-corrected chi connectivity index (χ2v) is 8.16. The van der Waals surface area contributed by atoms with E-state index >= 15 is 0 Å². The zero-order chi connectivity index (χ0) is 22.1. The quantitative estimate of drug-likeness (QED) is 0.491. The Labute approximate surface area is 186 Å². The van der Waals surface area contributed by atoms with Gasteiger partial charge in [-0.25, -0.2) is 4.98 Å². The monoisotopic (exact) mass is 424 g/mol. The van der Waals surface area contributed by atoms with Crippen LogP contribution in [0, 0.1) is 0 Å². The normalized spacial score (nSPS) is 14.9. The van der Waals surface area contributed by atoms with Crippen LogP contribution in [0.3, 0.4) is 0 Å². The lowest BCUT2D eigenvalue weighted by Crippen LogP contribution is -2.46. The summed E-state index contributed by atoms with van der Waals surface area (Å²) in [5.74, 6) is 0.394. The molecular weight excluding hydrogens is 400 g/mol. The van der Waals surface area contributed by atoms with Crippen molar-refractivity contribution in [3.63, 3.8) is 0 Å². The van der Waals surface area contributed by atoms with Crippen LogP contribution in [-0.2, 0) is 17.8 Å². The number of benzene rings is 3. The molecule has 2 amide bonds. The van der Waals surface area contributed by atoms with E-state index < -0.39 is 6.04 Å². The number of carbonyl (C=O) groups excluding carboxylic acids is 2. The highest BCUT2D eigenvalue weighted by molar-refractivity contribution is 6.01. The summed E-state index contributed by atoms with van der Waals surface area (Å²) in [6.45, 7) is 2.22. The van der Waals surface area contributed by atoms with Gasteiger partial charge in [0.05, 0.1) is 17.1 Å². The first-order valence-electron chi connectivity index (χ1n) is 10.8. The number of aromatic nitrogens is 2. The van der Waals surface area contributed by atoms with E-state index in [2.05, 4.69) is 10.3 Å². The Bertz CT molecular complexity index is 1250. The Kier molecular flexibility index (Phi) is 5.19. The van der Waals surface area contributed by atoms with Gasteiger partial charge >= 0.3 is 0 Å². The number of fused-ring (bicyclic) bond motifs is 2. The van der Waals surface area contributed by atoms with Gasteiger partial charge < -0.3 is 15.2 Å². The van der Waals surface area contributed by atoms with Gasteiger partial charge in [0, 0.05) is 12.1 Å². The van der Waals surface area contributed by atoms with Gasteiger partial charge in [0.25, 0.3) is 5.91 Å². The predicted molar refractivity (Wildman–Crippen MR) is 123 cm³/mol. The first-order valence-corrected chi connectivity index (χ1v) is 10.8. The van der Waals surface area contributed by atoms with Gasteiger partial charge in [0.15, 0.2) is 0 Å². The van der Waals surface area contributed by atoms with Gasteiger partial charge in [-0.2, -0.15) is 0 Å². The van der Waals surface area contributed by atoms with Gasteiger partial charge in [-0.05, 0) is 42.7 Å². The van der Waals surface area contributed by atoms with E-state index in [1.165, 1.54) is 0 Å². The van der Waals surface area contributed by atoms with E-state index in [1.807, 2.05) is 78.9 Å². The minimum atomic E-state index is -0.599. The number of nitrogens with one attached hydrogen (secondary N) is 2. The molecule has 0 radical (unpaired) electrons. The zero-order valence-electron chi connectivity index (χ0n) is 17.8. The molecule has 2 heterocycles. The molecule has 6 heteroatoms. The predicted octanol–water partition coefficient (Wildman–Crippen LogP) is 4.01. The zero-order valence-corrected chi connectivity index (χ0v) is 17.8. The maximum atomic E-state index is 13.3. The van der Waals surface area contributed by atoms with Gasteiger partial charge in [0.1, 0.15) is 11.9 Å². The molecule has 32 heavy (non-hydrogen) atoms. The van der Waals surface area contributed by atoms with Crippen LogP contribution in [0.25, 0.3) is 11.0 Å². The van der Waals surface area contributed by atoms with Crippen molar-refractivity contribution in [1.82, 2.24) is 20.2 Å². The van der Waals surface area contributed by atoms with E-state index in [-0.39, 0.29) is 17.9 Å². The first-order chi connectivity index (χ1) is 15.6. The summed E-state index contributed by atoms with van der Waals surface area (Å²) in [7, 11) is 0. The molecule has 1 aliphatic rings. The molecule has 1 aliphatic heterocycles. The summed E-state index contributed by atoms with van der Waals surface area (Å²) in [5.41, 5.74) is 4.50. The third-order valence-electron chi connectivity index (χ3n) is 6.03. The van der Waals surface area contributed by atoms with Crippen molar-refractivity contribution in [2.75, 3.05) is 0 Å². The second-order valence-electron chi connectivity index (χ2n) is 8.16. The number of hydrogen-bond acceptors (Lipinski definition) is 3. The summed E-state index contributed by atoms with van der Waals surface area (Å²) < 4.78 is 0. The van der Waals surface area contributed by atoms with Crippen LogP contribution in [0.15, 0.2) is 78.9 Å². The fourth-order valence-electron chi connectivity index (χ4n) is 4.23. The van der Waals surface area contributed by atoms with Crippen LogP contribution in [0.2, 0.25) is 0 Å². The molecule has 0 aliphatic carbocycles. The Morgan fingerprint density at radius 3 is 2.53 bits per heavy atom. The average Bonchev–Trinajstić information content (AvgIpc) is 3.40. The number of rotatable bonds is 6. The highest BCUT2D eigenvalue weighted by Crippen LogP contribution is 2.25. The minimum Gasteiger partial charge on any atom is -0.344 e. The van der Waals surface area contributed by atoms with Gasteiger partial charge in [-0.1, -0.05) is 60.7 Å². The van der Waals surface area contributed by atoms with E-state index in [0.717, 1.165) is 22.2 Å². The largest absolute Gasteiger partial charge is 0.344 e. The molecule has 1 aromatic heterocycles. The Morgan fingerprint density at radius 1 is 1.03 bits per heavy atom. The summed E-state index contributed by atoms with van der Waals surface area (Å²) in [6.07, 6.45) is 0.591. The Balaban J connectivity index is 1.39. The molecule has 0 bridgehead atoms. The van der Waals surface area contributed by atoms with E-state index in [9.17, 15) is 9.59 Å². The highest BCUT2D eigenvalue weighted by Gasteiger charge is 2.34. The average molecular weight is 425 g/mol. The van der Waals surface area contributed by atoms with Gasteiger partial charge in [-0.15, -0.1) is 0 Å². The number of aromatic amines is 1. The van der Waals surface area contributed by atoms with Crippen LogP contribution < -0.4 is 5.32 Å². The fraction of sp³-hybridized carbons (Fsp3) is 0.192. The van der Waals surface area contributed by atoms with Crippen molar-refractivity contribution in [1.29, 1.82) is 0 Å². The number of nitrogens with zero attached hydrogens (tertiary/aromatic N) is 2. The third-order valence-corrected chi connectivity index (χ3v) is 6.03. The van der Waals surface area contributed by atoms with Crippen LogP contribution in [0.4, 0.5) is 0 Å². The Morgan fingerprint density at radius 2 is 1.75 bits per heavy atom. The van der Waals surface area contributed by atoms with Crippen molar-refractivity contribution in [3.8, 4) is 0 Å². The molecule has 0 saturated carbocycles. The van der Waals surface area contributed by atoms with Crippen LogP contribution in [0.5, 0.6) is 0 Å². The molecule has 160 valence electrons. The summed E-state index contributed by atoms with van der Waals surface area (Å²) in [5, 5.41) is 3.14. The topological polar surface area (TPSA) is 78.1 Å². The van der Waals surface area contributed by atoms with Crippen LogP contribution in [-0.4, -0.2) is 32.7 Å².